The van der Waals surface area contributed by atoms with Gasteiger partial charge in [0.25, 0.3) is 0 Å². The summed E-state index contributed by atoms with van der Waals surface area (Å²) in [4.78, 5) is 79.5. The number of unbranched alkanes of at least 4 members (excludes halogenated alkanes) is 10. The minimum Gasteiger partial charge on any atom is -0.481 e. The number of carboxylic acids is 3. The van der Waals surface area contributed by atoms with Crippen LogP contribution < -0.4 is 0 Å². The number of carboxylic acid groups (broad SMARTS) is 3. The summed E-state index contributed by atoms with van der Waals surface area (Å²) in [6.45, 7) is 29.1. The molecule has 8 N–H and O–H groups in total. The Morgan fingerprint density at radius 3 is 0.975 bits per heavy atom. The number of carbonyl (C=O) groups is 6. The summed E-state index contributed by atoms with van der Waals surface area (Å²) in [6, 6.07) is 0. The van der Waals surface area contributed by atoms with E-state index in [1.54, 1.807) is 0 Å². The first-order valence-electron chi connectivity index (χ1n) is 50.3. The summed E-state index contributed by atoms with van der Waals surface area (Å²) in [5.41, 5.74) is -2.98. The molecular formula is C103H170O17. The third-order valence-electron chi connectivity index (χ3n) is 40.5. The first kappa shape index (κ1) is 94.7. The fourth-order valence-electron chi connectivity index (χ4n) is 33.9. The topological polar surface area (TPSA) is 292 Å². The van der Waals surface area contributed by atoms with Gasteiger partial charge in [0.2, 0.25) is 0 Å². The van der Waals surface area contributed by atoms with Crippen LogP contribution in [0.15, 0.2) is 0 Å². The highest BCUT2D eigenvalue weighted by Gasteiger charge is 2.70. The van der Waals surface area contributed by atoms with Crippen molar-refractivity contribution in [2.24, 2.45) is 155 Å². The minimum atomic E-state index is -0.821. The molecule has 0 bridgehead atoms. The minimum absolute atomic E-state index is 0.00471. The molecule has 0 aromatic rings. The number of fused-ring (bicyclic) bond motifs is 15. The largest absolute Gasteiger partial charge is 0.481 e. The van der Waals surface area contributed by atoms with Gasteiger partial charge in [-0.3, -0.25) is 28.8 Å². The van der Waals surface area contributed by atoms with E-state index in [9.17, 15) is 69.6 Å². The lowest BCUT2D eigenvalue weighted by Crippen LogP contribution is -2.62. The number of ether oxygens (including phenoxy) is 3. The van der Waals surface area contributed by atoms with Gasteiger partial charge in [0.1, 0.15) is 17.3 Å². The van der Waals surface area contributed by atoms with Crippen molar-refractivity contribution in [3.63, 3.8) is 0 Å². The fourth-order valence-corrected chi connectivity index (χ4v) is 33.9. The third kappa shape index (κ3) is 18.7. The van der Waals surface area contributed by atoms with Gasteiger partial charge < -0.3 is 55.1 Å². The van der Waals surface area contributed by atoms with Crippen LogP contribution in [0, 0.1) is 155 Å². The van der Waals surface area contributed by atoms with Gasteiger partial charge in [0.05, 0.1) is 48.8 Å². The summed E-state index contributed by atoms with van der Waals surface area (Å²) in [6.07, 6.45) is 36.8. The highest BCUT2D eigenvalue weighted by molar-refractivity contribution is 5.92. The van der Waals surface area contributed by atoms with E-state index in [1.165, 1.54) is 12.8 Å². The van der Waals surface area contributed by atoms with Crippen molar-refractivity contribution in [2.75, 3.05) is 19.8 Å². The van der Waals surface area contributed by atoms with Crippen molar-refractivity contribution in [1.82, 2.24) is 0 Å². The van der Waals surface area contributed by atoms with E-state index in [4.69, 9.17) is 14.2 Å². The van der Waals surface area contributed by atoms with Crippen LogP contribution in [0.3, 0.4) is 0 Å². The second-order valence-corrected chi connectivity index (χ2v) is 47.0. The van der Waals surface area contributed by atoms with Gasteiger partial charge in [0, 0.05) is 74.6 Å². The van der Waals surface area contributed by atoms with Gasteiger partial charge in [-0.25, -0.2) is 0 Å². The summed E-state index contributed by atoms with van der Waals surface area (Å²) >= 11 is 0. The molecule has 13 aliphatic rings. The lowest BCUT2D eigenvalue weighted by molar-refractivity contribution is -0.209. The second-order valence-electron chi connectivity index (χ2n) is 47.0. The molecule has 3 unspecified atom stereocenters. The Balaban J connectivity index is 0.555. The predicted octanol–water partition coefficient (Wildman–Crippen LogP) is 20.6. The number of Topliss-reactive ketones (excluding diaryl/α,β-unsaturated/α-hetero) is 3. The number of aliphatic hydroxyl groups is 5. The molecule has 17 nitrogen and oxygen atoms in total. The van der Waals surface area contributed by atoms with Gasteiger partial charge >= 0.3 is 17.9 Å². The number of hydrogen-bond donors (Lipinski definition) is 8. The average molecular weight is 1680 g/mol. The zero-order valence-corrected chi connectivity index (χ0v) is 77.1. The Morgan fingerprint density at radius 2 is 0.617 bits per heavy atom. The summed E-state index contributed by atoms with van der Waals surface area (Å²) in [7, 11) is 0. The predicted molar refractivity (Wildman–Crippen MR) is 467 cm³/mol. The fraction of sp³-hybridized carbons (Fsp3) is 0.942. The van der Waals surface area contributed by atoms with Crippen molar-refractivity contribution in [3.05, 3.63) is 0 Å². The van der Waals surface area contributed by atoms with E-state index < -0.39 is 58.6 Å². The molecule has 13 rings (SSSR count). The normalized spacial score (nSPS) is 45.7. The van der Waals surface area contributed by atoms with Crippen LogP contribution >= 0.6 is 0 Å². The summed E-state index contributed by atoms with van der Waals surface area (Å²) in [5.74, 6) is 3.94. The molecule has 0 saturated heterocycles. The summed E-state index contributed by atoms with van der Waals surface area (Å²) < 4.78 is 20.1. The van der Waals surface area contributed by atoms with Crippen LogP contribution in [-0.2, 0) is 43.0 Å². The van der Waals surface area contributed by atoms with E-state index >= 15 is 0 Å². The van der Waals surface area contributed by atoms with E-state index in [0.717, 1.165) is 206 Å². The molecule has 13 saturated carbocycles. The maximum absolute atomic E-state index is 15.0. The van der Waals surface area contributed by atoms with Crippen molar-refractivity contribution >= 4 is 35.3 Å². The van der Waals surface area contributed by atoms with Gasteiger partial charge in [-0.1, -0.05) is 128 Å². The smallest absolute Gasteiger partial charge is 0.303 e. The van der Waals surface area contributed by atoms with E-state index in [-0.39, 0.29) is 153 Å². The molecule has 0 amide bonds. The van der Waals surface area contributed by atoms with Crippen molar-refractivity contribution < 1.29 is 83.8 Å². The Kier molecular flexibility index (Phi) is 30.3. The quantitative estimate of drug-likeness (QED) is 0.0265. The number of carbonyl (C=O) groups excluding carboxylic acids is 3. The number of rotatable bonds is 40. The Hall–Kier alpha value is -2.90. The molecule has 0 spiro atoms. The Labute approximate surface area is 724 Å². The van der Waals surface area contributed by atoms with Gasteiger partial charge in [-0.15, -0.1) is 0 Å². The third-order valence-corrected chi connectivity index (χ3v) is 40.5. The van der Waals surface area contributed by atoms with Crippen molar-refractivity contribution in [3.8, 4) is 0 Å². The molecule has 0 radical (unpaired) electrons. The van der Waals surface area contributed by atoms with Crippen molar-refractivity contribution in [2.45, 2.75) is 434 Å². The van der Waals surface area contributed by atoms with Gasteiger partial charge in [-0.05, 0) is 357 Å². The van der Waals surface area contributed by atoms with Crippen LogP contribution in [-0.4, -0.2) is 145 Å². The molecule has 0 aromatic heterocycles. The second kappa shape index (κ2) is 38.4. The molecular weight excluding hydrogens is 1510 g/mol. The van der Waals surface area contributed by atoms with Crippen molar-refractivity contribution in [1.29, 1.82) is 0 Å². The molecule has 13 fully saturated rings. The molecule has 0 aliphatic heterocycles. The number of aliphatic carboxylic acids is 3. The Bertz CT molecular complexity index is 3490. The lowest BCUT2D eigenvalue weighted by Gasteiger charge is -2.63. The maximum atomic E-state index is 15.0. The van der Waals surface area contributed by atoms with E-state index in [2.05, 4.69) is 83.1 Å². The molecule has 0 aromatic carbocycles. The molecule has 17 heteroatoms. The average Bonchev–Trinajstić information content (AvgIpc) is 1.43. The Morgan fingerprint density at radius 1 is 0.317 bits per heavy atom. The maximum Gasteiger partial charge on any atom is 0.303 e. The molecule has 120 heavy (non-hydrogen) atoms. The number of hydrogen-bond acceptors (Lipinski definition) is 14. The molecule has 13 aliphatic carbocycles. The van der Waals surface area contributed by atoms with Crippen LogP contribution in [0.5, 0.6) is 0 Å². The zero-order valence-electron chi connectivity index (χ0n) is 77.1. The van der Waals surface area contributed by atoms with Gasteiger partial charge in [0.15, 0.2) is 0 Å². The van der Waals surface area contributed by atoms with Crippen LogP contribution in [0.1, 0.15) is 385 Å². The number of ketones is 3. The molecule has 0 heterocycles. The summed E-state index contributed by atoms with van der Waals surface area (Å²) in [5, 5.41) is 89.0. The lowest BCUT2D eigenvalue weighted by atomic mass is 9.43. The first-order chi connectivity index (χ1) is 56.8. The highest BCUT2D eigenvalue weighted by atomic mass is 16.5. The van der Waals surface area contributed by atoms with Gasteiger partial charge in [-0.2, -0.15) is 0 Å². The van der Waals surface area contributed by atoms with E-state index in [1.807, 2.05) is 0 Å². The number of aliphatic hydroxyl groups excluding tert-OH is 5. The van der Waals surface area contributed by atoms with Crippen LogP contribution in [0.4, 0.5) is 0 Å². The SMILES string of the molecule is C[C@H](CCC(=O)O)[C@H]1CC[C@H]2[C@@H]3CC[C@@H]4C[C@@H](OCCCCCCCC(=O)C5(C)CC(C)(C(=O)CCCCCCCO[C@H]6CC[C@@]7(C)[C@@H](C6)C[C@@H](O)[C@@H]6[C@@H]7C[C@H](O)[C@]7(C)[C@@H]([C@H](C)CCC(=O)O)CC[C@@H]67)CC(C)(C(=O)CCCCCO[C@H]6CC[C@@]7(C)[C@@H](C6)C[C@@H](O)[C@@H]6[C@@H]7C[C@H](O)[C@]7(C)[C@@H]([C@H](C)CCC(=O)O)CC[C@@H]67)C5)CC[C@]4(C)[C@H]3C[C@H](O)[C@]12C. The molecule has 35 atom stereocenters. The van der Waals surface area contributed by atoms with E-state index in [0.29, 0.717) is 131 Å². The first-order valence-corrected chi connectivity index (χ1v) is 50.3. The molecule has 684 valence electrons. The highest BCUT2D eigenvalue weighted by Crippen LogP contribution is 2.73. The van der Waals surface area contributed by atoms with Crippen LogP contribution in [0.2, 0.25) is 0 Å². The standard InChI is InChI=1S/C103H170O17/c1-63(29-40-90(112)113)73-34-37-76-72-33-32-66-52-69(43-46-98(66,7)79(72)57-87(109)101(73,76)10)118-49-23-17-13-15-20-26-84(106)95(4)60-96(5,85(107)27-21-16-14-18-24-50-119-70-44-47-99(8)67(53-70)55-82(104)93-77-38-35-74(64(2)30-41-91(114)115)102(77,11)88(110)58-80(93)99)62-97(6,61-95)86(108)28-22-19-25-51-120-71-45-48-100(9)68(54-71)56-83(105)94-78-39-36-75(65(3)31-42-92(116)117)103(78,12)89(111)59-81(94)100/h63-83,87-89,93-94,104-105,109-111H,13-62H2,1-12H3,(H,112,113)(H,114,115)(H,116,117)/t63-,64-,65-,66-,67+,68+,69+,70+,71+,72+,73-,74-,75-,76+,77+,78+,79+,80+,81+,82-,83-,87+,88+,89+,93+,94+,95?,96?,97?,98+,99+,100+,101-,102-,103-/m1/s1. The zero-order chi connectivity index (χ0) is 86.5. The monoisotopic (exact) mass is 1680 g/mol. The van der Waals surface area contributed by atoms with Crippen LogP contribution in [0.25, 0.3) is 0 Å².